The summed E-state index contributed by atoms with van der Waals surface area (Å²) in [6.07, 6.45) is 2.19. The summed E-state index contributed by atoms with van der Waals surface area (Å²) in [5.41, 5.74) is 0. The van der Waals surface area contributed by atoms with Gasteiger partial charge in [0.25, 0.3) is 0 Å². The molecule has 0 saturated carbocycles. The molecular weight excluding hydrogens is 288 g/mol. The summed E-state index contributed by atoms with van der Waals surface area (Å²) in [5.74, 6) is -0.718. The van der Waals surface area contributed by atoms with Gasteiger partial charge in [-0.3, -0.25) is 14.4 Å². The monoisotopic (exact) mass is 308 g/mol. The number of rotatable bonds is 7. The second-order valence-electron chi connectivity index (χ2n) is 5.51. The summed E-state index contributed by atoms with van der Waals surface area (Å²) in [4.78, 5) is 37.9. The van der Waals surface area contributed by atoms with Gasteiger partial charge in [-0.15, -0.1) is 0 Å². The predicted octanol–water partition coefficient (Wildman–Crippen LogP) is 0.951. The first kappa shape index (κ1) is 16.1. The summed E-state index contributed by atoms with van der Waals surface area (Å²) in [5, 5.41) is 8.60. The van der Waals surface area contributed by atoms with Gasteiger partial charge in [-0.05, 0) is 18.6 Å². The van der Waals surface area contributed by atoms with E-state index < -0.39 is 5.97 Å². The molecular formula is C15H20N2O5. The molecule has 1 aromatic rings. The first-order chi connectivity index (χ1) is 10.5. The van der Waals surface area contributed by atoms with Crippen LogP contribution in [0.1, 0.15) is 25.0 Å². The van der Waals surface area contributed by atoms with Gasteiger partial charge >= 0.3 is 5.97 Å². The predicted molar refractivity (Wildman–Crippen MR) is 76.7 cm³/mol. The molecule has 1 fully saturated rings. The Bertz CT molecular complexity index is 540. The maximum atomic E-state index is 12.3. The van der Waals surface area contributed by atoms with Gasteiger partial charge < -0.3 is 19.3 Å². The van der Waals surface area contributed by atoms with Crippen LogP contribution >= 0.6 is 0 Å². The van der Waals surface area contributed by atoms with Crippen molar-refractivity contribution >= 4 is 17.8 Å². The number of carbonyl (C=O) groups is 3. The number of likely N-dealkylation sites (tertiary alicyclic amines) is 1. The third kappa shape index (κ3) is 4.09. The topological polar surface area (TPSA) is 91.1 Å². The van der Waals surface area contributed by atoms with Crippen molar-refractivity contribution < 1.29 is 23.9 Å². The maximum absolute atomic E-state index is 12.3. The second-order valence-corrected chi connectivity index (χ2v) is 5.51. The van der Waals surface area contributed by atoms with E-state index in [9.17, 15) is 14.4 Å². The van der Waals surface area contributed by atoms with E-state index in [0.717, 1.165) is 0 Å². The number of carboxylic acid groups (broad SMARTS) is 1. The summed E-state index contributed by atoms with van der Waals surface area (Å²) in [6, 6.07) is 3.55. The van der Waals surface area contributed by atoms with Gasteiger partial charge in [-0.2, -0.15) is 0 Å². The second kappa shape index (κ2) is 7.11. The summed E-state index contributed by atoms with van der Waals surface area (Å²) >= 11 is 0. The Morgan fingerprint density at radius 3 is 2.91 bits per heavy atom. The maximum Gasteiger partial charge on any atom is 0.303 e. The molecule has 1 aliphatic rings. The van der Waals surface area contributed by atoms with E-state index in [-0.39, 0.29) is 30.6 Å². The van der Waals surface area contributed by atoms with E-state index in [0.29, 0.717) is 31.8 Å². The Balaban J connectivity index is 1.83. The van der Waals surface area contributed by atoms with E-state index >= 15 is 0 Å². The zero-order valence-electron chi connectivity index (χ0n) is 12.5. The van der Waals surface area contributed by atoms with Crippen molar-refractivity contribution in [3.63, 3.8) is 0 Å². The number of amides is 2. The van der Waals surface area contributed by atoms with Gasteiger partial charge in [0.15, 0.2) is 0 Å². The Labute approximate surface area is 128 Å². The van der Waals surface area contributed by atoms with Crippen molar-refractivity contribution in [1.29, 1.82) is 0 Å². The van der Waals surface area contributed by atoms with Crippen LogP contribution in [0.5, 0.6) is 0 Å². The van der Waals surface area contributed by atoms with Crippen molar-refractivity contribution in [1.82, 2.24) is 9.80 Å². The Morgan fingerprint density at radius 2 is 2.27 bits per heavy atom. The number of carbonyl (C=O) groups excluding carboxylic acids is 2. The molecule has 0 aromatic carbocycles. The molecule has 22 heavy (non-hydrogen) atoms. The fraction of sp³-hybridized carbons (Fsp3) is 0.533. The van der Waals surface area contributed by atoms with Crippen LogP contribution in [0, 0.1) is 5.92 Å². The lowest BCUT2D eigenvalue weighted by atomic mass is 10.1. The van der Waals surface area contributed by atoms with Crippen LogP contribution in [0.3, 0.4) is 0 Å². The van der Waals surface area contributed by atoms with Gasteiger partial charge in [0.1, 0.15) is 5.76 Å². The molecule has 0 spiro atoms. The molecule has 2 amide bonds. The molecule has 2 rings (SSSR count). The average Bonchev–Trinajstić information content (AvgIpc) is 3.08. The number of carboxylic acids is 1. The number of aliphatic carboxylic acids is 1. The molecule has 1 unspecified atom stereocenters. The fourth-order valence-corrected chi connectivity index (χ4v) is 2.57. The largest absolute Gasteiger partial charge is 0.481 e. The highest BCUT2D eigenvalue weighted by Gasteiger charge is 2.35. The molecule has 2 heterocycles. The smallest absolute Gasteiger partial charge is 0.303 e. The van der Waals surface area contributed by atoms with E-state index in [1.54, 1.807) is 30.3 Å². The minimum atomic E-state index is -0.874. The Hall–Kier alpha value is -2.31. The van der Waals surface area contributed by atoms with Crippen LogP contribution in [0.2, 0.25) is 0 Å². The summed E-state index contributed by atoms with van der Waals surface area (Å²) in [7, 11) is 1.64. The van der Waals surface area contributed by atoms with E-state index in [1.165, 1.54) is 4.90 Å². The van der Waals surface area contributed by atoms with Crippen molar-refractivity contribution in [2.24, 2.45) is 5.92 Å². The molecule has 0 aliphatic carbocycles. The van der Waals surface area contributed by atoms with Crippen LogP contribution in [0.25, 0.3) is 0 Å². The van der Waals surface area contributed by atoms with E-state index in [2.05, 4.69) is 0 Å². The number of hydrogen-bond acceptors (Lipinski definition) is 4. The summed E-state index contributed by atoms with van der Waals surface area (Å²) in [6.45, 7) is 1.13. The van der Waals surface area contributed by atoms with Gasteiger partial charge in [-0.1, -0.05) is 0 Å². The molecule has 7 nitrogen and oxygen atoms in total. The van der Waals surface area contributed by atoms with Crippen LogP contribution in [0.15, 0.2) is 22.8 Å². The molecule has 0 radical (unpaired) electrons. The zero-order valence-corrected chi connectivity index (χ0v) is 12.5. The minimum Gasteiger partial charge on any atom is -0.481 e. The first-order valence-electron chi connectivity index (χ1n) is 7.24. The van der Waals surface area contributed by atoms with Gasteiger partial charge in [0.05, 0.1) is 18.7 Å². The highest BCUT2D eigenvalue weighted by atomic mass is 16.4. The van der Waals surface area contributed by atoms with Crippen LogP contribution < -0.4 is 0 Å². The molecule has 0 bridgehead atoms. The van der Waals surface area contributed by atoms with Gasteiger partial charge in [0, 0.05) is 33.0 Å². The number of nitrogens with zero attached hydrogens (tertiary/aromatic N) is 2. The lowest BCUT2D eigenvalue weighted by Gasteiger charge is -2.21. The van der Waals surface area contributed by atoms with Gasteiger partial charge in [0.2, 0.25) is 11.8 Å². The van der Waals surface area contributed by atoms with Crippen molar-refractivity contribution in [3.8, 4) is 0 Å². The van der Waals surface area contributed by atoms with Crippen molar-refractivity contribution in [2.75, 3.05) is 20.1 Å². The third-order valence-corrected chi connectivity index (χ3v) is 3.75. The number of hydrogen-bond donors (Lipinski definition) is 1. The van der Waals surface area contributed by atoms with E-state index in [1.807, 2.05) is 0 Å². The fourth-order valence-electron chi connectivity index (χ4n) is 2.57. The van der Waals surface area contributed by atoms with Crippen LogP contribution in [-0.4, -0.2) is 52.8 Å². The summed E-state index contributed by atoms with van der Waals surface area (Å²) < 4.78 is 5.22. The SMILES string of the molecule is CN(CCCC(=O)O)C(=O)C1CC(=O)N(Cc2ccco2)C1. The minimum absolute atomic E-state index is 0.0336. The van der Waals surface area contributed by atoms with Crippen molar-refractivity contribution in [3.05, 3.63) is 24.2 Å². The standard InChI is InChI=1S/C15H20N2O5/c1-16(6-2-5-14(19)20)15(21)11-8-13(18)17(9-11)10-12-4-3-7-22-12/h3-4,7,11H,2,5-6,8-10H2,1H3,(H,19,20). The molecule has 120 valence electrons. The molecule has 1 N–H and O–H groups in total. The van der Waals surface area contributed by atoms with E-state index in [4.69, 9.17) is 9.52 Å². The molecule has 1 aromatic heterocycles. The third-order valence-electron chi connectivity index (χ3n) is 3.75. The van der Waals surface area contributed by atoms with Crippen LogP contribution in [-0.2, 0) is 20.9 Å². The highest BCUT2D eigenvalue weighted by Crippen LogP contribution is 2.22. The average molecular weight is 308 g/mol. The normalized spacial score (nSPS) is 17.8. The Morgan fingerprint density at radius 1 is 1.50 bits per heavy atom. The molecule has 1 atom stereocenters. The lowest BCUT2D eigenvalue weighted by molar-refractivity contribution is -0.138. The Kier molecular flexibility index (Phi) is 5.19. The highest BCUT2D eigenvalue weighted by molar-refractivity contribution is 5.89. The zero-order chi connectivity index (χ0) is 16.1. The molecule has 1 saturated heterocycles. The molecule has 7 heteroatoms. The molecule has 1 aliphatic heterocycles. The first-order valence-corrected chi connectivity index (χ1v) is 7.24. The quantitative estimate of drug-likeness (QED) is 0.810. The lowest BCUT2D eigenvalue weighted by Crippen LogP contribution is -2.35. The van der Waals surface area contributed by atoms with Crippen LogP contribution in [0.4, 0.5) is 0 Å². The van der Waals surface area contributed by atoms with Gasteiger partial charge in [-0.25, -0.2) is 0 Å². The number of furan rings is 1. The van der Waals surface area contributed by atoms with Crippen molar-refractivity contribution in [2.45, 2.75) is 25.8 Å².